The van der Waals surface area contributed by atoms with Gasteiger partial charge in [-0.3, -0.25) is 4.79 Å². The molecule has 4 rings (SSSR count). The van der Waals surface area contributed by atoms with Crippen LogP contribution in [0.3, 0.4) is 0 Å². The standard InChI is InChI=1S/C15H16N4O2/c20-14-6-5-11(17-18-14)10-3-4-12-13(9-10)21-15(16-12)19-7-1-2-8-19/h3-4,9H,1-2,5-8H2,(H,18,20). The number of oxazole rings is 1. The molecule has 2 aliphatic rings. The van der Waals surface area contributed by atoms with Crippen molar-refractivity contribution in [3.05, 3.63) is 23.8 Å². The van der Waals surface area contributed by atoms with Crippen molar-refractivity contribution in [3.63, 3.8) is 0 Å². The smallest absolute Gasteiger partial charge is 0.298 e. The molecule has 0 spiro atoms. The highest BCUT2D eigenvalue weighted by Crippen LogP contribution is 2.26. The van der Waals surface area contributed by atoms with E-state index < -0.39 is 0 Å². The number of hydrogen-bond donors (Lipinski definition) is 1. The predicted molar refractivity (Wildman–Crippen MR) is 79.4 cm³/mol. The van der Waals surface area contributed by atoms with Gasteiger partial charge in [-0.2, -0.15) is 10.1 Å². The van der Waals surface area contributed by atoms with E-state index in [0.29, 0.717) is 18.9 Å². The molecule has 6 nitrogen and oxygen atoms in total. The zero-order chi connectivity index (χ0) is 14.2. The molecule has 0 aliphatic carbocycles. The molecular weight excluding hydrogens is 268 g/mol. The average molecular weight is 284 g/mol. The van der Waals surface area contributed by atoms with E-state index in [1.54, 1.807) is 0 Å². The molecule has 0 radical (unpaired) electrons. The van der Waals surface area contributed by atoms with E-state index in [1.165, 1.54) is 12.8 Å². The monoisotopic (exact) mass is 284 g/mol. The lowest BCUT2D eigenvalue weighted by Gasteiger charge is -2.11. The third kappa shape index (κ3) is 2.26. The predicted octanol–water partition coefficient (Wildman–Crippen LogP) is 2.04. The fraction of sp³-hybridized carbons (Fsp3) is 0.400. The highest BCUT2D eigenvalue weighted by atomic mass is 16.4. The molecule has 2 aliphatic heterocycles. The van der Waals surface area contributed by atoms with Crippen LogP contribution >= 0.6 is 0 Å². The maximum absolute atomic E-state index is 11.2. The summed E-state index contributed by atoms with van der Waals surface area (Å²) in [5.41, 5.74) is 6.02. The van der Waals surface area contributed by atoms with E-state index in [1.807, 2.05) is 18.2 Å². The van der Waals surface area contributed by atoms with Gasteiger partial charge in [0.1, 0.15) is 5.52 Å². The number of anilines is 1. The Morgan fingerprint density at radius 2 is 2.05 bits per heavy atom. The Morgan fingerprint density at radius 3 is 2.81 bits per heavy atom. The Morgan fingerprint density at radius 1 is 1.19 bits per heavy atom. The molecule has 1 fully saturated rings. The number of fused-ring (bicyclic) bond motifs is 1. The summed E-state index contributed by atoms with van der Waals surface area (Å²) in [5, 5.41) is 4.12. The first-order valence-electron chi connectivity index (χ1n) is 7.31. The molecule has 6 heteroatoms. The van der Waals surface area contributed by atoms with Gasteiger partial charge in [0.15, 0.2) is 5.58 Å². The largest absolute Gasteiger partial charge is 0.423 e. The van der Waals surface area contributed by atoms with E-state index >= 15 is 0 Å². The van der Waals surface area contributed by atoms with Gasteiger partial charge in [0, 0.05) is 31.5 Å². The van der Waals surface area contributed by atoms with Crippen molar-refractivity contribution in [2.24, 2.45) is 5.10 Å². The molecule has 3 heterocycles. The minimum atomic E-state index is -0.0317. The van der Waals surface area contributed by atoms with Crippen LogP contribution in [0.25, 0.3) is 11.1 Å². The van der Waals surface area contributed by atoms with Gasteiger partial charge >= 0.3 is 0 Å². The number of carbonyl (C=O) groups is 1. The highest BCUT2D eigenvalue weighted by molar-refractivity contribution is 6.05. The zero-order valence-electron chi connectivity index (χ0n) is 11.6. The Bertz CT molecular complexity index is 728. The number of aromatic nitrogens is 1. The minimum Gasteiger partial charge on any atom is -0.423 e. The summed E-state index contributed by atoms with van der Waals surface area (Å²) in [6.07, 6.45) is 3.53. The van der Waals surface area contributed by atoms with E-state index in [4.69, 9.17) is 4.42 Å². The van der Waals surface area contributed by atoms with Crippen LogP contribution in [-0.2, 0) is 4.79 Å². The van der Waals surface area contributed by atoms with Crippen molar-refractivity contribution in [2.45, 2.75) is 25.7 Å². The van der Waals surface area contributed by atoms with Crippen molar-refractivity contribution < 1.29 is 9.21 Å². The molecule has 0 unspecified atom stereocenters. The normalized spacial score (nSPS) is 19.0. The van der Waals surface area contributed by atoms with Gasteiger partial charge in [0.2, 0.25) is 5.91 Å². The first-order chi connectivity index (χ1) is 10.3. The summed E-state index contributed by atoms with van der Waals surface area (Å²) in [5.74, 6) is -0.0317. The third-order valence-corrected chi connectivity index (χ3v) is 3.99. The lowest BCUT2D eigenvalue weighted by atomic mass is 10.0. The number of nitrogens with one attached hydrogen (secondary N) is 1. The SMILES string of the molecule is O=C1CCC(c2ccc3nc(N4CCCC4)oc3c2)=NN1. The number of amides is 1. The van der Waals surface area contributed by atoms with E-state index in [9.17, 15) is 4.79 Å². The van der Waals surface area contributed by atoms with Crippen LogP contribution in [0.1, 0.15) is 31.2 Å². The quantitative estimate of drug-likeness (QED) is 0.916. The Labute approximate surface area is 121 Å². The lowest BCUT2D eigenvalue weighted by Crippen LogP contribution is -2.25. The topological polar surface area (TPSA) is 70.7 Å². The van der Waals surface area contributed by atoms with Crippen molar-refractivity contribution in [1.29, 1.82) is 0 Å². The van der Waals surface area contributed by atoms with Crippen LogP contribution < -0.4 is 10.3 Å². The van der Waals surface area contributed by atoms with E-state index in [2.05, 4.69) is 20.4 Å². The number of rotatable bonds is 2. The second-order valence-electron chi connectivity index (χ2n) is 5.47. The molecule has 0 atom stereocenters. The van der Waals surface area contributed by atoms with Crippen LogP contribution in [0.4, 0.5) is 6.01 Å². The van der Waals surface area contributed by atoms with E-state index in [0.717, 1.165) is 35.5 Å². The Balaban J connectivity index is 1.67. The molecule has 1 saturated heterocycles. The molecule has 21 heavy (non-hydrogen) atoms. The molecule has 2 aromatic rings. The summed E-state index contributed by atoms with van der Waals surface area (Å²) in [4.78, 5) is 17.9. The first-order valence-corrected chi connectivity index (χ1v) is 7.31. The molecule has 1 aromatic heterocycles. The van der Waals surface area contributed by atoms with Crippen LogP contribution in [-0.4, -0.2) is 29.7 Å². The highest BCUT2D eigenvalue weighted by Gasteiger charge is 2.19. The second kappa shape index (κ2) is 4.87. The fourth-order valence-electron chi connectivity index (χ4n) is 2.82. The average Bonchev–Trinajstić information content (AvgIpc) is 3.16. The number of benzene rings is 1. The van der Waals surface area contributed by atoms with Crippen LogP contribution in [0.2, 0.25) is 0 Å². The van der Waals surface area contributed by atoms with Crippen molar-refractivity contribution in [3.8, 4) is 0 Å². The number of nitrogens with zero attached hydrogens (tertiary/aromatic N) is 3. The lowest BCUT2D eigenvalue weighted by molar-refractivity contribution is -0.121. The van der Waals surface area contributed by atoms with E-state index in [-0.39, 0.29) is 5.91 Å². The van der Waals surface area contributed by atoms with Gasteiger partial charge in [0.05, 0.1) is 5.71 Å². The van der Waals surface area contributed by atoms with Crippen molar-refractivity contribution in [1.82, 2.24) is 10.4 Å². The first kappa shape index (κ1) is 12.4. The summed E-state index contributed by atoms with van der Waals surface area (Å²) >= 11 is 0. The van der Waals surface area contributed by atoms with Crippen LogP contribution in [0, 0.1) is 0 Å². The number of carbonyl (C=O) groups excluding carboxylic acids is 1. The fourth-order valence-corrected chi connectivity index (χ4v) is 2.82. The summed E-state index contributed by atoms with van der Waals surface area (Å²) in [6.45, 7) is 2.02. The van der Waals surface area contributed by atoms with Crippen molar-refractivity contribution >= 4 is 28.7 Å². The Kier molecular flexibility index (Phi) is 2.87. The van der Waals surface area contributed by atoms with Gasteiger partial charge in [-0.1, -0.05) is 6.07 Å². The molecule has 108 valence electrons. The third-order valence-electron chi connectivity index (χ3n) is 3.99. The van der Waals surface area contributed by atoms with Gasteiger partial charge in [0.25, 0.3) is 6.01 Å². The molecule has 0 bridgehead atoms. The van der Waals surface area contributed by atoms with Gasteiger partial charge in [-0.25, -0.2) is 5.43 Å². The molecule has 1 amide bonds. The molecule has 0 saturated carbocycles. The summed E-state index contributed by atoms with van der Waals surface area (Å²) in [7, 11) is 0. The summed E-state index contributed by atoms with van der Waals surface area (Å²) in [6, 6.07) is 6.60. The summed E-state index contributed by atoms with van der Waals surface area (Å²) < 4.78 is 5.88. The minimum absolute atomic E-state index is 0.0317. The van der Waals surface area contributed by atoms with Crippen molar-refractivity contribution in [2.75, 3.05) is 18.0 Å². The molecule has 1 aromatic carbocycles. The number of hydrogen-bond acceptors (Lipinski definition) is 5. The van der Waals surface area contributed by atoms with Gasteiger partial charge in [-0.15, -0.1) is 0 Å². The number of hydrazone groups is 1. The van der Waals surface area contributed by atoms with Crippen LogP contribution in [0.15, 0.2) is 27.7 Å². The van der Waals surface area contributed by atoms with Crippen LogP contribution in [0.5, 0.6) is 0 Å². The van der Waals surface area contributed by atoms with Gasteiger partial charge in [-0.05, 0) is 25.0 Å². The maximum atomic E-state index is 11.2. The molecular formula is C15H16N4O2. The van der Waals surface area contributed by atoms with Gasteiger partial charge < -0.3 is 9.32 Å². The second-order valence-corrected chi connectivity index (χ2v) is 5.47. The molecule has 1 N–H and O–H groups in total. The maximum Gasteiger partial charge on any atom is 0.298 e. The zero-order valence-corrected chi connectivity index (χ0v) is 11.6. The Hall–Kier alpha value is -2.37.